The first kappa shape index (κ1) is 21.7. The minimum atomic E-state index is 0.658. The summed E-state index contributed by atoms with van der Waals surface area (Å²) < 4.78 is 5.63. The van der Waals surface area contributed by atoms with Crippen molar-refractivity contribution >= 4 is 27.8 Å². The van der Waals surface area contributed by atoms with Gasteiger partial charge in [0.15, 0.2) is 0 Å². The Labute approximate surface area is 204 Å². The van der Waals surface area contributed by atoms with Gasteiger partial charge in [0.1, 0.15) is 17.4 Å². The van der Waals surface area contributed by atoms with Crippen molar-refractivity contribution in [1.29, 1.82) is 0 Å². The predicted octanol–water partition coefficient (Wildman–Crippen LogP) is 5.23. The average Bonchev–Trinajstić information content (AvgIpc) is 3.48. The second-order valence-electron chi connectivity index (χ2n) is 9.30. The number of H-pyrrole nitrogens is 2. The molecular formula is C28H30N6O. The average molecular weight is 467 g/mol. The number of piperazine rings is 1. The molecule has 7 heteroatoms. The molecule has 5 aromatic rings. The van der Waals surface area contributed by atoms with Crippen molar-refractivity contribution in [3.63, 3.8) is 0 Å². The lowest BCUT2D eigenvalue weighted by molar-refractivity contribution is 0.313. The molecule has 178 valence electrons. The van der Waals surface area contributed by atoms with Gasteiger partial charge in [-0.1, -0.05) is 0 Å². The van der Waals surface area contributed by atoms with E-state index >= 15 is 0 Å². The fourth-order valence-electron chi connectivity index (χ4n) is 4.83. The molecule has 3 heterocycles. The lowest BCUT2D eigenvalue weighted by Crippen LogP contribution is -2.44. The van der Waals surface area contributed by atoms with Crippen LogP contribution in [-0.4, -0.2) is 64.7 Å². The topological polar surface area (TPSA) is 73.1 Å². The number of likely N-dealkylation sites (N-methyl/N-ethyl adjacent to an activating group) is 1. The van der Waals surface area contributed by atoms with E-state index in [9.17, 15) is 0 Å². The standard InChI is InChI=1S/C28H30N6O/c1-4-35-21-7-8-22(18(2)15-21)28-30-23-9-5-19(16-25(23)32-28)27-29-24-10-6-20(17-26(24)31-27)34-13-11-33(3)12-14-34/h5-10,15-17H,4,11-14H2,1-3H3,(H,29,31)(H,30,32). The molecule has 0 aliphatic carbocycles. The normalized spacial score (nSPS) is 14.8. The van der Waals surface area contributed by atoms with Gasteiger partial charge < -0.3 is 24.5 Å². The Morgan fingerprint density at radius 1 is 0.829 bits per heavy atom. The van der Waals surface area contributed by atoms with Crippen LogP contribution in [0.5, 0.6) is 5.75 Å². The Morgan fingerprint density at radius 2 is 1.54 bits per heavy atom. The van der Waals surface area contributed by atoms with Gasteiger partial charge >= 0.3 is 0 Å². The number of nitrogens with one attached hydrogen (secondary N) is 2. The van der Waals surface area contributed by atoms with Gasteiger partial charge in [-0.2, -0.15) is 0 Å². The smallest absolute Gasteiger partial charge is 0.138 e. The van der Waals surface area contributed by atoms with Crippen LogP contribution >= 0.6 is 0 Å². The van der Waals surface area contributed by atoms with Gasteiger partial charge in [-0.25, -0.2) is 9.97 Å². The van der Waals surface area contributed by atoms with Crippen LogP contribution in [0.15, 0.2) is 54.6 Å². The number of fused-ring (bicyclic) bond motifs is 2. The van der Waals surface area contributed by atoms with Crippen LogP contribution < -0.4 is 9.64 Å². The Hall–Kier alpha value is -3.84. The monoisotopic (exact) mass is 466 g/mol. The Bertz CT molecular complexity index is 1510. The summed E-state index contributed by atoms with van der Waals surface area (Å²) in [6.45, 7) is 9.01. The van der Waals surface area contributed by atoms with Crippen LogP contribution in [0.2, 0.25) is 0 Å². The van der Waals surface area contributed by atoms with Crippen LogP contribution in [0, 0.1) is 6.92 Å². The van der Waals surface area contributed by atoms with E-state index < -0.39 is 0 Å². The van der Waals surface area contributed by atoms with Crippen molar-refractivity contribution < 1.29 is 4.74 Å². The summed E-state index contributed by atoms with van der Waals surface area (Å²) in [5, 5.41) is 0. The number of aromatic amines is 2. The second kappa shape index (κ2) is 8.74. The molecule has 7 nitrogen and oxygen atoms in total. The number of hydrogen-bond donors (Lipinski definition) is 2. The minimum absolute atomic E-state index is 0.658. The number of benzene rings is 3. The van der Waals surface area contributed by atoms with Crippen LogP contribution in [0.25, 0.3) is 44.8 Å². The number of hydrogen-bond acceptors (Lipinski definition) is 5. The number of nitrogens with zero attached hydrogens (tertiary/aromatic N) is 4. The Kier molecular flexibility index (Phi) is 5.41. The zero-order valence-electron chi connectivity index (χ0n) is 20.4. The van der Waals surface area contributed by atoms with Crippen molar-refractivity contribution in [3.8, 4) is 28.5 Å². The lowest BCUT2D eigenvalue weighted by atomic mass is 10.1. The molecule has 1 aliphatic heterocycles. The highest BCUT2D eigenvalue weighted by atomic mass is 16.5. The molecule has 0 unspecified atom stereocenters. The molecule has 0 spiro atoms. The maximum Gasteiger partial charge on any atom is 0.138 e. The molecule has 35 heavy (non-hydrogen) atoms. The number of aryl methyl sites for hydroxylation is 1. The highest BCUT2D eigenvalue weighted by Crippen LogP contribution is 2.30. The highest BCUT2D eigenvalue weighted by molar-refractivity contribution is 5.87. The van der Waals surface area contributed by atoms with E-state index in [4.69, 9.17) is 14.7 Å². The SMILES string of the molecule is CCOc1ccc(-c2nc3cc(-c4nc5cc(N6CCN(C)CC6)ccc5[nH]4)ccc3[nH]2)c(C)c1. The van der Waals surface area contributed by atoms with Gasteiger partial charge in [0.25, 0.3) is 0 Å². The molecule has 0 bridgehead atoms. The molecule has 0 amide bonds. The summed E-state index contributed by atoms with van der Waals surface area (Å²) >= 11 is 0. The fraction of sp³-hybridized carbons (Fsp3) is 0.286. The summed E-state index contributed by atoms with van der Waals surface area (Å²) in [5.41, 5.74) is 8.43. The van der Waals surface area contributed by atoms with E-state index in [1.54, 1.807) is 0 Å². The van der Waals surface area contributed by atoms with Crippen molar-refractivity contribution in [2.45, 2.75) is 13.8 Å². The first-order valence-electron chi connectivity index (χ1n) is 12.2. The van der Waals surface area contributed by atoms with E-state index in [0.29, 0.717) is 6.61 Å². The molecule has 1 aliphatic rings. The van der Waals surface area contributed by atoms with Gasteiger partial charge in [0.05, 0.1) is 28.7 Å². The third-order valence-corrected chi connectivity index (χ3v) is 6.86. The molecule has 1 saturated heterocycles. The molecule has 3 aromatic carbocycles. The van der Waals surface area contributed by atoms with Gasteiger partial charge in [0, 0.05) is 43.0 Å². The summed E-state index contributed by atoms with van der Waals surface area (Å²) in [4.78, 5) is 21.6. The van der Waals surface area contributed by atoms with E-state index in [-0.39, 0.29) is 0 Å². The van der Waals surface area contributed by atoms with E-state index in [2.05, 4.69) is 82.3 Å². The van der Waals surface area contributed by atoms with Crippen LogP contribution in [0.1, 0.15) is 12.5 Å². The fourth-order valence-corrected chi connectivity index (χ4v) is 4.83. The number of aromatic nitrogens is 4. The summed E-state index contributed by atoms with van der Waals surface area (Å²) in [7, 11) is 2.18. The maximum atomic E-state index is 5.63. The molecule has 0 saturated carbocycles. The molecule has 0 atom stereocenters. The van der Waals surface area contributed by atoms with Crippen molar-refractivity contribution in [3.05, 3.63) is 60.2 Å². The van der Waals surface area contributed by atoms with Crippen molar-refractivity contribution in [2.24, 2.45) is 0 Å². The summed E-state index contributed by atoms with van der Waals surface area (Å²) in [6.07, 6.45) is 0. The number of imidazole rings is 2. The van der Waals surface area contributed by atoms with Crippen LogP contribution in [0.4, 0.5) is 5.69 Å². The summed E-state index contributed by atoms with van der Waals surface area (Å²) in [6, 6.07) is 18.9. The van der Waals surface area contributed by atoms with Gasteiger partial charge in [-0.3, -0.25) is 0 Å². The minimum Gasteiger partial charge on any atom is -0.494 e. The summed E-state index contributed by atoms with van der Waals surface area (Å²) in [5.74, 6) is 2.60. The first-order chi connectivity index (χ1) is 17.1. The van der Waals surface area contributed by atoms with Gasteiger partial charge in [-0.15, -0.1) is 0 Å². The zero-order chi connectivity index (χ0) is 23.9. The van der Waals surface area contributed by atoms with Crippen molar-refractivity contribution in [1.82, 2.24) is 24.8 Å². The quantitative estimate of drug-likeness (QED) is 0.371. The lowest BCUT2D eigenvalue weighted by Gasteiger charge is -2.34. The number of anilines is 1. The molecule has 2 N–H and O–H groups in total. The maximum absolute atomic E-state index is 5.63. The number of ether oxygens (including phenoxy) is 1. The molecule has 2 aromatic heterocycles. The molecule has 1 fully saturated rings. The largest absolute Gasteiger partial charge is 0.494 e. The number of rotatable bonds is 5. The van der Waals surface area contributed by atoms with E-state index in [1.807, 2.05) is 13.0 Å². The third-order valence-electron chi connectivity index (χ3n) is 6.86. The van der Waals surface area contributed by atoms with E-state index in [0.717, 1.165) is 82.3 Å². The third kappa shape index (κ3) is 4.12. The van der Waals surface area contributed by atoms with Crippen LogP contribution in [-0.2, 0) is 0 Å². The highest BCUT2D eigenvalue weighted by Gasteiger charge is 2.16. The van der Waals surface area contributed by atoms with Gasteiger partial charge in [0.2, 0.25) is 0 Å². The van der Waals surface area contributed by atoms with E-state index in [1.165, 1.54) is 5.69 Å². The van der Waals surface area contributed by atoms with Crippen molar-refractivity contribution in [2.75, 3.05) is 44.7 Å². The first-order valence-corrected chi connectivity index (χ1v) is 12.2. The molecule has 0 radical (unpaired) electrons. The Morgan fingerprint density at radius 3 is 2.31 bits per heavy atom. The molecular weight excluding hydrogens is 436 g/mol. The Balaban J connectivity index is 1.30. The van der Waals surface area contributed by atoms with Crippen LogP contribution in [0.3, 0.4) is 0 Å². The molecule has 6 rings (SSSR count). The zero-order valence-corrected chi connectivity index (χ0v) is 20.4. The van der Waals surface area contributed by atoms with Gasteiger partial charge in [-0.05, 0) is 81.1 Å². The predicted molar refractivity (Wildman–Crippen MR) is 142 cm³/mol. The second-order valence-corrected chi connectivity index (χ2v) is 9.30.